The summed E-state index contributed by atoms with van der Waals surface area (Å²) in [7, 11) is 0. The molecular weight excluding hydrogens is 669 g/mol. The number of nitrogens with one attached hydrogen (secondary N) is 6. The number of unbranched alkanes of at least 4 members (excludes halogenated alkanes) is 1. The minimum atomic E-state index is -4.58. The number of nitrogens with two attached hydrogens (primary N) is 1. The molecule has 0 aliphatic heterocycles. The van der Waals surface area contributed by atoms with Crippen molar-refractivity contribution in [2.24, 2.45) is 5.73 Å². The average Bonchev–Trinajstić information content (AvgIpc) is 3.75. The zero-order chi connectivity index (χ0) is 37.1. The fraction of sp³-hybridized carbons (Fsp3) is 0.371. The number of alkyl halides is 3. The molecular formula is C35H41F3N8O5. The molecule has 0 aliphatic carbocycles. The van der Waals surface area contributed by atoms with Crippen LogP contribution in [0.5, 0.6) is 0 Å². The number of aromatic amines is 2. The van der Waals surface area contributed by atoms with Crippen LogP contribution in [0.1, 0.15) is 55.5 Å². The Morgan fingerprint density at radius 3 is 2.04 bits per heavy atom. The molecule has 0 saturated carbocycles. The maximum Gasteiger partial charge on any atom is 0.416 e. The minimum Gasteiger partial charge on any atom is -0.368 e. The van der Waals surface area contributed by atoms with E-state index in [-0.39, 0.29) is 31.2 Å². The molecule has 4 rings (SSSR count). The van der Waals surface area contributed by atoms with E-state index in [1.54, 1.807) is 6.20 Å². The summed E-state index contributed by atoms with van der Waals surface area (Å²) >= 11 is 0. The first-order valence-corrected chi connectivity index (χ1v) is 16.4. The molecule has 4 aromatic rings. The highest BCUT2D eigenvalue weighted by molar-refractivity contribution is 5.95. The number of amides is 5. The monoisotopic (exact) mass is 710 g/mol. The van der Waals surface area contributed by atoms with Gasteiger partial charge in [-0.3, -0.25) is 24.0 Å². The summed E-state index contributed by atoms with van der Waals surface area (Å²) in [5.74, 6) is -3.56. The van der Waals surface area contributed by atoms with E-state index in [1.807, 2.05) is 31.2 Å². The molecule has 51 heavy (non-hydrogen) atoms. The predicted molar refractivity (Wildman–Crippen MR) is 182 cm³/mol. The lowest BCUT2D eigenvalue weighted by Gasteiger charge is -2.26. The summed E-state index contributed by atoms with van der Waals surface area (Å²) in [5, 5.41) is 11.3. The molecule has 8 N–H and O–H groups in total. The van der Waals surface area contributed by atoms with Gasteiger partial charge in [-0.2, -0.15) is 13.2 Å². The van der Waals surface area contributed by atoms with E-state index in [9.17, 15) is 37.1 Å². The van der Waals surface area contributed by atoms with E-state index in [4.69, 9.17) is 5.73 Å². The fourth-order valence-corrected chi connectivity index (χ4v) is 5.58. The van der Waals surface area contributed by atoms with E-state index in [1.165, 1.54) is 31.6 Å². The number of hydrogen-bond acceptors (Lipinski definition) is 6. The van der Waals surface area contributed by atoms with Crippen LogP contribution in [0.2, 0.25) is 0 Å². The third kappa shape index (κ3) is 10.9. The quantitative estimate of drug-likeness (QED) is 0.0877. The predicted octanol–water partition coefficient (Wildman–Crippen LogP) is 2.57. The second-order valence-electron chi connectivity index (χ2n) is 12.2. The largest absolute Gasteiger partial charge is 0.416 e. The maximum atomic E-state index is 13.9. The van der Waals surface area contributed by atoms with Gasteiger partial charge in [0.1, 0.15) is 24.2 Å². The molecule has 2 aromatic heterocycles. The molecule has 272 valence electrons. The van der Waals surface area contributed by atoms with Gasteiger partial charge in [0.15, 0.2) is 0 Å². The van der Waals surface area contributed by atoms with Crippen molar-refractivity contribution in [3.8, 4) is 0 Å². The number of nitrogens with zero attached hydrogens (tertiary/aromatic N) is 1. The third-order valence-corrected chi connectivity index (χ3v) is 8.27. The van der Waals surface area contributed by atoms with E-state index >= 15 is 0 Å². The smallest absolute Gasteiger partial charge is 0.368 e. The second-order valence-corrected chi connectivity index (χ2v) is 12.2. The van der Waals surface area contributed by atoms with Crippen molar-refractivity contribution >= 4 is 40.4 Å². The third-order valence-electron chi connectivity index (χ3n) is 8.27. The molecule has 0 fully saturated rings. The Balaban J connectivity index is 1.56. The van der Waals surface area contributed by atoms with Crippen molar-refractivity contribution in [2.75, 3.05) is 0 Å². The molecule has 0 bridgehead atoms. The number of halogens is 3. The molecule has 0 unspecified atom stereocenters. The van der Waals surface area contributed by atoms with Crippen molar-refractivity contribution < 1.29 is 37.1 Å². The van der Waals surface area contributed by atoms with Gasteiger partial charge >= 0.3 is 6.18 Å². The first kappa shape index (κ1) is 38.1. The summed E-state index contributed by atoms with van der Waals surface area (Å²) in [5.41, 5.74) is 7.16. The molecule has 4 atom stereocenters. The van der Waals surface area contributed by atoms with Gasteiger partial charge in [0, 0.05) is 55.2 Å². The highest BCUT2D eigenvalue weighted by atomic mass is 19.4. The number of hydrogen-bond donors (Lipinski definition) is 7. The molecule has 0 spiro atoms. The Bertz CT molecular complexity index is 1810. The Morgan fingerprint density at radius 1 is 0.804 bits per heavy atom. The van der Waals surface area contributed by atoms with E-state index in [0.717, 1.165) is 28.6 Å². The minimum absolute atomic E-state index is 0.00744. The van der Waals surface area contributed by atoms with Gasteiger partial charge in [-0.15, -0.1) is 0 Å². The number of aromatic nitrogens is 3. The number of fused-ring (bicyclic) bond motifs is 1. The van der Waals surface area contributed by atoms with Crippen LogP contribution in [-0.2, 0) is 49.4 Å². The van der Waals surface area contributed by atoms with Crippen molar-refractivity contribution in [3.63, 3.8) is 0 Å². The Labute approximate surface area is 291 Å². The molecule has 2 heterocycles. The van der Waals surface area contributed by atoms with Gasteiger partial charge < -0.3 is 37.0 Å². The lowest BCUT2D eigenvalue weighted by atomic mass is 10.0. The first-order chi connectivity index (χ1) is 24.2. The number of primary amides is 1. The van der Waals surface area contributed by atoms with Crippen LogP contribution in [0.3, 0.4) is 0 Å². The van der Waals surface area contributed by atoms with Gasteiger partial charge in [-0.05, 0) is 35.7 Å². The highest BCUT2D eigenvalue weighted by Gasteiger charge is 2.33. The molecule has 0 saturated heterocycles. The highest BCUT2D eigenvalue weighted by Crippen LogP contribution is 2.29. The summed E-state index contributed by atoms with van der Waals surface area (Å²) in [6.45, 7) is 3.10. The van der Waals surface area contributed by atoms with E-state index in [2.05, 4.69) is 36.2 Å². The Kier molecular flexibility index (Phi) is 12.9. The van der Waals surface area contributed by atoms with Crippen LogP contribution in [0.15, 0.2) is 67.3 Å². The lowest BCUT2D eigenvalue weighted by molar-refractivity contribution is -0.137. The first-order valence-electron chi connectivity index (χ1n) is 16.4. The van der Waals surface area contributed by atoms with Crippen molar-refractivity contribution in [3.05, 3.63) is 89.6 Å². The molecule has 5 amide bonds. The van der Waals surface area contributed by atoms with Crippen LogP contribution in [0.4, 0.5) is 13.2 Å². The Hall–Kier alpha value is -5.67. The SMILES string of the molecule is CCCC[C@H](NC(=O)[C@@H](Cc1ccc(C(F)(F)F)cc1)NC(=O)[C@H](Cc1cnc[nH]1)NC(C)=O)C(=O)N[C@@H](Cc1c[nH]c2ccccc12)C(N)=O. The van der Waals surface area contributed by atoms with Crippen LogP contribution in [0.25, 0.3) is 10.9 Å². The number of carbonyl (C=O) groups is 5. The summed E-state index contributed by atoms with van der Waals surface area (Å²) in [6, 6.07) is 6.69. The summed E-state index contributed by atoms with van der Waals surface area (Å²) in [4.78, 5) is 75.4. The van der Waals surface area contributed by atoms with E-state index < -0.39 is 65.4 Å². The lowest BCUT2D eigenvalue weighted by Crippen LogP contribution is -2.59. The second kappa shape index (κ2) is 17.3. The van der Waals surface area contributed by atoms with Crippen LogP contribution in [-0.4, -0.2) is 68.7 Å². The molecule has 2 aromatic carbocycles. The standard InChI is InChI=1S/C35H41F3N8O5/c1-3-4-8-27(32(49)45-28(31(39)48)15-22-17-41-26-9-6-5-7-25(22)26)44-33(50)29(14-21-10-12-23(13-11-21)35(36,37)38)46-34(51)30(43-20(2)47)16-24-18-40-19-42-24/h5-7,9-13,17-19,27-30,41H,3-4,8,14-16H2,1-2H3,(H2,39,48)(H,40,42)(H,43,47)(H,44,50)(H,45,49)(H,46,51)/t27-,28-,29+,30-/m0/s1. The summed E-state index contributed by atoms with van der Waals surface area (Å²) in [6.07, 6.45) is 1.14. The number of rotatable bonds is 17. The molecule has 0 aliphatic rings. The fourth-order valence-electron chi connectivity index (χ4n) is 5.58. The van der Waals surface area contributed by atoms with Gasteiger partial charge in [0.2, 0.25) is 29.5 Å². The van der Waals surface area contributed by atoms with Crippen LogP contribution in [0, 0.1) is 0 Å². The van der Waals surface area contributed by atoms with Gasteiger partial charge in [-0.1, -0.05) is 50.1 Å². The van der Waals surface area contributed by atoms with Gasteiger partial charge in [0.25, 0.3) is 0 Å². The number of imidazole rings is 1. The van der Waals surface area contributed by atoms with Crippen LogP contribution < -0.4 is 27.0 Å². The number of benzene rings is 2. The molecule has 16 heteroatoms. The Morgan fingerprint density at radius 2 is 1.43 bits per heavy atom. The molecule has 0 radical (unpaired) electrons. The van der Waals surface area contributed by atoms with Crippen molar-refractivity contribution in [1.82, 2.24) is 36.2 Å². The van der Waals surface area contributed by atoms with E-state index in [0.29, 0.717) is 18.5 Å². The van der Waals surface area contributed by atoms with Crippen molar-refractivity contribution in [1.29, 1.82) is 0 Å². The maximum absolute atomic E-state index is 13.9. The van der Waals surface area contributed by atoms with Crippen molar-refractivity contribution in [2.45, 2.75) is 82.7 Å². The zero-order valence-corrected chi connectivity index (χ0v) is 28.1. The van der Waals surface area contributed by atoms with Gasteiger partial charge in [0.05, 0.1) is 11.9 Å². The number of H-pyrrole nitrogens is 2. The molecule has 13 nitrogen and oxygen atoms in total. The normalized spacial score (nSPS) is 13.8. The van der Waals surface area contributed by atoms with Gasteiger partial charge in [-0.25, -0.2) is 4.98 Å². The number of carbonyl (C=O) groups excluding carboxylic acids is 5. The average molecular weight is 711 g/mol. The number of para-hydroxylation sites is 1. The summed E-state index contributed by atoms with van der Waals surface area (Å²) < 4.78 is 39.7. The van der Waals surface area contributed by atoms with Crippen LogP contribution >= 0.6 is 0 Å². The topological polar surface area (TPSA) is 204 Å². The zero-order valence-electron chi connectivity index (χ0n) is 28.1.